The number of nitrogens with one attached hydrogen (secondary N) is 3. The van der Waals surface area contributed by atoms with Gasteiger partial charge in [0.25, 0.3) is 0 Å². The van der Waals surface area contributed by atoms with Crippen LogP contribution in [0.15, 0.2) is 0 Å². The zero-order chi connectivity index (χ0) is 10.8. The van der Waals surface area contributed by atoms with Crippen molar-refractivity contribution in [2.45, 2.75) is 6.42 Å². The summed E-state index contributed by atoms with van der Waals surface area (Å²) in [6.07, 6.45) is 0.232. The summed E-state index contributed by atoms with van der Waals surface area (Å²) >= 11 is 0. The van der Waals surface area contributed by atoms with E-state index in [1.165, 1.54) is 0 Å². The zero-order valence-electron chi connectivity index (χ0n) is 8.30. The molecule has 0 aromatic rings. The lowest BCUT2D eigenvalue weighted by Gasteiger charge is -2.05. The van der Waals surface area contributed by atoms with E-state index in [0.717, 1.165) is 6.54 Å². The molecule has 0 heterocycles. The minimum atomic E-state index is -0.540. The van der Waals surface area contributed by atoms with Crippen molar-refractivity contribution in [3.8, 4) is 0 Å². The summed E-state index contributed by atoms with van der Waals surface area (Å²) in [7, 11) is 1.80. The Bertz CT molecular complexity index is 185. The molecule has 0 unspecified atom stereocenters. The van der Waals surface area contributed by atoms with Gasteiger partial charge < -0.3 is 21.1 Å². The Kier molecular flexibility index (Phi) is 7.77. The lowest BCUT2D eigenvalue weighted by atomic mass is 10.4. The SMILES string of the molecule is CNCCNC(=O)CCNC(=O)CO. The normalized spacial score (nSPS) is 9.57. The van der Waals surface area contributed by atoms with Crippen LogP contribution in [0.4, 0.5) is 0 Å². The molecule has 0 aliphatic rings. The van der Waals surface area contributed by atoms with Crippen LogP contribution in [0.5, 0.6) is 0 Å². The number of rotatable bonds is 7. The number of carbonyl (C=O) groups is 2. The van der Waals surface area contributed by atoms with Crippen LogP contribution in [0.1, 0.15) is 6.42 Å². The maximum atomic E-state index is 11.0. The van der Waals surface area contributed by atoms with Crippen molar-refractivity contribution in [3.05, 3.63) is 0 Å². The van der Waals surface area contributed by atoms with Crippen molar-refractivity contribution in [2.75, 3.05) is 33.3 Å². The van der Waals surface area contributed by atoms with Gasteiger partial charge in [0.15, 0.2) is 0 Å². The number of amides is 2. The van der Waals surface area contributed by atoms with Crippen LogP contribution >= 0.6 is 0 Å². The van der Waals surface area contributed by atoms with Crippen molar-refractivity contribution in [3.63, 3.8) is 0 Å². The number of carbonyl (C=O) groups excluding carboxylic acids is 2. The molecule has 6 nitrogen and oxygen atoms in total. The van der Waals surface area contributed by atoms with Gasteiger partial charge in [0.1, 0.15) is 6.61 Å². The summed E-state index contributed by atoms with van der Waals surface area (Å²) in [5, 5.41) is 16.3. The van der Waals surface area contributed by atoms with Gasteiger partial charge in [-0.2, -0.15) is 0 Å². The summed E-state index contributed by atoms with van der Waals surface area (Å²) in [4.78, 5) is 21.6. The first kappa shape index (κ1) is 12.9. The molecular weight excluding hydrogens is 186 g/mol. The Hall–Kier alpha value is -1.14. The van der Waals surface area contributed by atoms with Crippen LogP contribution in [0.25, 0.3) is 0 Å². The third-order valence-corrected chi connectivity index (χ3v) is 1.52. The number of hydrogen-bond donors (Lipinski definition) is 4. The quantitative estimate of drug-likeness (QED) is 0.354. The molecule has 0 saturated heterocycles. The smallest absolute Gasteiger partial charge is 0.245 e. The standard InChI is InChI=1S/C8H17N3O3/c1-9-4-5-11-7(13)2-3-10-8(14)6-12/h9,12H,2-6H2,1H3,(H,10,14)(H,11,13). The minimum absolute atomic E-state index is 0.113. The number of aliphatic hydroxyl groups is 1. The minimum Gasteiger partial charge on any atom is -0.387 e. The molecule has 6 heteroatoms. The van der Waals surface area contributed by atoms with E-state index in [2.05, 4.69) is 16.0 Å². The Labute approximate surface area is 83.1 Å². The van der Waals surface area contributed by atoms with Crippen molar-refractivity contribution in [1.29, 1.82) is 0 Å². The van der Waals surface area contributed by atoms with Gasteiger partial charge in [-0.3, -0.25) is 9.59 Å². The first-order chi connectivity index (χ1) is 6.70. The van der Waals surface area contributed by atoms with Gasteiger partial charge in [0, 0.05) is 26.1 Å². The lowest BCUT2D eigenvalue weighted by molar-refractivity contribution is -0.124. The highest BCUT2D eigenvalue weighted by Crippen LogP contribution is 1.76. The van der Waals surface area contributed by atoms with Crippen LogP contribution in [0, 0.1) is 0 Å². The predicted octanol–water partition coefficient (Wildman–Crippen LogP) is -2.18. The molecule has 0 aliphatic heterocycles. The fourth-order valence-corrected chi connectivity index (χ4v) is 0.787. The summed E-state index contributed by atoms with van der Waals surface area (Å²) in [5.74, 6) is -0.577. The second-order valence-corrected chi connectivity index (χ2v) is 2.71. The van der Waals surface area contributed by atoms with E-state index in [4.69, 9.17) is 5.11 Å². The van der Waals surface area contributed by atoms with Crippen LogP contribution in [0.2, 0.25) is 0 Å². The summed E-state index contributed by atoms with van der Waals surface area (Å²) < 4.78 is 0. The predicted molar refractivity (Wildman–Crippen MR) is 51.6 cm³/mol. The van der Waals surface area contributed by atoms with Crippen molar-refractivity contribution in [2.24, 2.45) is 0 Å². The molecule has 0 fully saturated rings. The first-order valence-electron chi connectivity index (χ1n) is 4.49. The van der Waals surface area contributed by atoms with Gasteiger partial charge in [-0.15, -0.1) is 0 Å². The summed E-state index contributed by atoms with van der Waals surface area (Å²) in [6.45, 7) is 1.00. The highest BCUT2D eigenvalue weighted by atomic mass is 16.3. The van der Waals surface area contributed by atoms with Gasteiger partial charge >= 0.3 is 0 Å². The Morgan fingerprint density at radius 3 is 2.29 bits per heavy atom. The molecule has 0 aromatic carbocycles. The third kappa shape index (κ3) is 7.51. The molecule has 0 atom stereocenters. The highest BCUT2D eigenvalue weighted by Gasteiger charge is 2.01. The molecule has 0 spiro atoms. The molecule has 14 heavy (non-hydrogen) atoms. The molecule has 0 radical (unpaired) electrons. The Morgan fingerprint density at radius 2 is 1.71 bits per heavy atom. The monoisotopic (exact) mass is 203 g/mol. The highest BCUT2D eigenvalue weighted by molar-refractivity contribution is 5.79. The van der Waals surface area contributed by atoms with E-state index in [9.17, 15) is 9.59 Å². The van der Waals surface area contributed by atoms with E-state index in [1.807, 2.05) is 0 Å². The zero-order valence-corrected chi connectivity index (χ0v) is 8.30. The second kappa shape index (κ2) is 8.46. The van der Waals surface area contributed by atoms with Gasteiger partial charge in [0.05, 0.1) is 0 Å². The van der Waals surface area contributed by atoms with Crippen molar-refractivity contribution >= 4 is 11.8 Å². The molecule has 0 saturated carbocycles. The number of hydrogen-bond acceptors (Lipinski definition) is 4. The van der Waals surface area contributed by atoms with Crippen molar-refractivity contribution < 1.29 is 14.7 Å². The Balaban J connectivity index is 3.31. The van der Waals surface area contributed by atoms with E-state index < -0.39 is 12.5 Å². The van der Waals surface area contributed by atoms with Crippen molar-refractivity contribution in [1.82, 2.24) is 16.0 Å². The maximum Gasteiger partial charge on any atom is 0.245 e. The molecule has 0 aromatic heterocycles. The molecular formula is C8H17N3O3. The molecule has 0 rings (SSSR count). The largest absolute Gasteiger partial charge is 0.387 e. The lowest BCUT2D eigenvalue weighted by Crippen LogP contribution is -2.34. The third-order valence-electron chi connectivity index (χ3n) is 1.52. The summed E-state index contributed by atoms with van der Waals surface area (Å²) in [6, 6.07) is 0. The number of likely N-dealkylation sites (N-methyl/N-ethyl adjacent to an activating group) is 1. The van der Waals surface area contributed by atoms with Gasteiger partial charge in [-0.05, 0) is 7.05 Å². The first-order valence-corrected chi connectivity index (χ1v) is 4.49. The van der Waals surface area contributed by atoms with E-state index in [1.54, 1.807) is 7.05 Å². The van der Waals surface area contributed by atoms with E-state index in [0.29, 0.717) is 6.54 Å². The maximum absolute atomic E-state index is 11.0. The molecule has 0 bridgehead atoms. The summed E-state index contributed by atoms with van der Waals surface area (Å²) in [5.41, 5.74) is 0. The average molecular weight is 203 g/mol. The molecule has 2 amide bonds. The van der Waals surface area contributed by atoms with Crippen LogP contribution < -0.4 is 16.0 Å². The van der Waals surface area contributed by atoms with Crippen LogP contribution in [-0.2, 0) is 9.59 Å². The second-order valence-electron chi connectivity index (χ2n) is 2.71. The molecule has 4 N–H and O–H groups in total. The van der Waals surface area contributed by atoms with Crippen LogP contribution in [0.3, 0.4) is 0 Å². The topological polar surface area (TPSA) is 90.5 Å². The van der Waals surface area contributed by atoms with Crippen LogP contribution in [-0.4, -0.2) is 50.2 Å². The molecule has 82 valence electrons. The molecule has 0 aliphatic carbocycles. The average Bonchev–Trinajstić information content (AvgIpc) is 2.18. The Morgan fingerprint density at radius 1 is 1.07 bits per heavy atom. The van der Waals surface area contributed by atoms with Gasteiger partial charge in [-0.1, -0.05) is 0 Å². The van der Waals surface area contributed by atoms with Gasteiger partial charge in [-0.25, -0.2) is 0 Å². The van der Waals surface area contributed by atoms with E-state index >= 15 is 0 Å². The fourth-order valence-electron chi connectivity index (χ4n) is 0.787. The fraction of sp³-hybridized carbons (Fsp3) is 0.750. The van der Waals surface area contributed by atoms with Gasteiger partial charge in [0.2, 0.25) is 11.8 Å². The van der Waals surface area contributed by atoms with E-state index in [-0.39, 0.29) is 18.9 Å². The number of aliphatic hydroxyl groups excluding tert-OH is 1.